The molecule has 0 saturated carbocycles. The van der Waals surface area contributed by atoms with Gasteiger partial charge in [0.2, 0.25) is 5.91 Å². The van der Waals surface area contributed by atoms with Gasteiger partial charge in [0.05, 0.1) is 24.5 Å². The number of hydrogen-bond acceptors (Lipinski definition) is 9. The fourth-order valence-corrected chi connectivity index (χ4v) is 3.22. The molecule has 148 valence electrons. The zero-order valence-electron chi connectivity index (χ0n) is 14.8. The van der Waals surface area contributed by atoms with Gasteiger partial charge in [-0.25, -0.2) is 4.98 Å². The number of rotatable bonds is 7. The highest BCUT2D eigenvalue weighted by atomic mass is 32.2. The van der Waals surface area contributed by atoms with Crippen LogP contribution in [0.25, 0.3) is 0 Å². The molecule has 2 amide bonds. The summed E-state index contributed by atoms with van der Waals surface area (Å²) in [6.45, 7) is 2.03. The highest BCUT2D eigenvalue weighted by Gasteiger charge is 2.12. The van der Waals surface area contributed by atoms with Crippen LogP contribution in [-0.2, 0) is 20.7 Å². The van der Waals surface area contributed by atoms with Crippen molar-refractivity contribution in [1.29, 1.82) is 0 Å². The standard InChI is InChI=1S/C16H17N5O4S3/c1-2-25-13(23)7-11-8-27-15(18-11)19-12(22)9-28-16(26)21-20-14(24)10-3-5-17-6-4-10/h3-6,8H,2,7,9H2,1H3,(H,20,24)(H,21,26)(H,18,19,22). The highest BCUT2D eigenvalue weighted by molar-refractivity contribution is 8.23. The Labute approximate surface area is 174 Å². The summed E-state index contributed by atoms with van der Waals surface area (Å²) in [4.78, 5) is 43.2. The predicted molar refractivity (Wildman–Crippen MR) is 111 cm³/mol. The summed E-state index contributed by atoms with van der Waals surface area (Å²) in [5.41, 5.74) is 5.96. The Morgan fingerprint density at radius 1 is 1.25 bits per heavy atom. The number of hydrogen-bond donors (Lipinski definition) is 3. The molecule has 2 rings (SSSR count). The number of carbonyl (C=O) groups excluding carboxylic acids is 3. The van der Waals surface area contributed by atoms with Crippen molar-refractivity contribution in [3.05, 3.63) is 41.2 Å². The van der Waals surface area contributed by atoms with Gasteiger partial charge in [-0.1, -0.05) is 24.0 Å². The van der Waals surface area contributed by atoms with E-state index in [0.29, 0.717) is 23.0 Å². The van der Waals surface area contributed by atoms with Crippen molar-refractivity contribution in [2.75, 3.05) is 17.7 Å². The molecule has 2 aromatic heterocycles. The van der Waals surface area contributed by atoms with Gasteiger partial charge in [0.15, 0.2) is 9.45 Å². The molecule has 0 radical (unpaired) electrons. The van der Waals surface area contributed by atoms with E-state index in [4.69, 9.17) is 17.0 Å². The number of aromatic nitrogens is 2. The average Bonchev–Trinajstić information content (AvgIpc) is 3.11. The largest absolute Gasteiger partial charge is 0.466 e. The first kappa shape index (κ1) is 21.7. The molecule has 0 aliphatic heterocycles. The number of esters is 1. The summed E-state index contributed by atoms with van der Waals surface area (Å²) in [7, 11) is 0. The zero-order chi connectivity index (χ0) is 20.4. The lowest BCUT2D eigenvalue weighted by molar-refractivity contribution is -0.142. The molecule has 2 heterocycles. The molecular formula is C16H17N5O4S3. The first-order valence-electron chi connectivity index (χ1n) is 8.01. The topological polar surface area (TPSA) is 122 Å². The second-order valence-electron chi connectivity index (χ2n) is 5.07. The lowest BCUT2D eigenvalue weighted by Crippen LogP contribution is -2.40. The minimum absolute atomic E-state index is 0.0315. The van der Waals surface area contributed by atoms with Gasteiger partial charge in [-0.3, -0.25) is 30.2 Å². The number of nitrogens with zero attached hydrogens (tertiary/aromatic N) is 2. The molecule has 0 spiro atoms. The van der Waals surface area contributed by atoms with E-state index in [1.165, 1.54) is 23.7 Å². The summed E-state index contributed by atoms with van der Waals surface area (Å²) >= 11 is 7.32. The third-order valence-corrected chi connectivity index (χ3v) is 5.02. The Balaban J connectivity index is 1.69. The molecule has 12 heteroatoms. The number of thioether (sulfide) groups is 1. The molecule has 0 atom stereocenters. The number of pyridine rings is 1. The second kappa shape index (κ2) is 11.3. The second-order valence-corrected chi connectivity index (χ2v) is 7.58. The fourth-order valence-electron chi connectivity index (χ4n) is 1.81. The molecule has 9 nitrogen and oxygen atoms in total. The number of thiocarbonyl (C=S) groups is 1. The number of thiazole rings is 1. The van der Waals surface area contributed by atoms with Crippen LogP contribution >= 0.6 is 35.3 Å². The molecule has 0 unspecified atom stereocenters. The Morgan fingerprint density at radius 3 is 2.71 bits per heavy atom. The van der Waals surface area contributed by atoms with Gasteiger partial charge in [0.25, 0.3) is 5.91 Å². The maximum atomic E-state index is 12.0. The van der Waals surface area contributed by atoms with Crippen molar-refractivity contribution < 1.29 is 19.1 Å². The van der Waals surface area contributed by atoms with Crippen LogP contribution < -0.4 is 16.2 Å². The first-order chi connectivity index (χ1) is 13.5. The smallest absolute Gasteiger partial charge is 0.311 e. The van der Waals surface area contributed by atoms with E-state index in [2.05, 4.69) is 26.1 Å². The number of amides is 2. The Morgan fingerprint density at radius 2 is 2.00 bits per heavy atom. The molecule has 0 fully saturated rings. The normalized spacial score (nSPS) is 10.0. The van der Waals surface area contributed by atoms with E-state index < -0.39 is 0 Å². The van der Waals surface area contributed by atoms with E-state index in [-0.39, 0.29) is 34.3 Å². The molecule has 28 heavy (non-hydrogen) atoms. The molecule has 0 aromatic carbocycles. The monoisotopic (exact) mass is 439 g/mol. The van der Waals surface area contributed by atoms with Gasteiger partial charge in [-0.05, 0) is 19.1 Å². The Bertz CT molecular complexity index is 844. The van der Waals surface area contributed by atoms with Crippen molar-refractivity contribution in [1.82, 2.24) is 20.8 Å². The lowest BCUT2D eigenvalue weighted by Gasteiger charge is -2.08. The average molecular weight is 440 g/mol. The van der Waals surface area contributed by atoms with Gasteiger partial charge < -0.3 is 10.1 Å². The number of nitrogens with one attached hydrogen (secondary N) is 3. The first-order valence-corrected chi connectivity index (χ1v) is 10.3. The summed E-state index contributed by atoms with van der Waals surface area (Å²) < 4.78 is 5.09. The maximum Gasteiger partial charge on any atom is 0.311 e. The third-order valence-electron chi connectivity index (χ3n) is 2.98. The van der Waals surface area contributed by atoms with E-state index in [9.17, 15) is 14.4 Å². The number of hydrazine groups is 1. The number of carbonyl (C=O) groups is 3. The Hall–Kier alpha value is -2.57. The van der Waals surface area contributed by atoms with Crippen LogP contribution in [0.2, 0.25) is 0 Å². The molecule has 0 saturated heterocycles. The third kappa shape index (κ3) is 7.58. The minimum Gasteiger partial charge on any atom is -0.466 e. The van der Waals surface area contributed by atoms with Gasteiger partial charge in [-0.2, -0.15) is 0 Å². The van der Waals surface area contributed by atoms with Crippen LogP contribution in [0.1, 0.15) is 23.0 Å². The van der Waals surface area contributed by atoms with Crippen molar-refractivity contribution >= 4 is 62.6 Å². The number of ether oxygens (including phenoxy) is 1. The summed E-state index contributed by atoms with van der Waals surface area (Å²) in [5, 5.41) is 4.69. The van der Waals surface area contributed by atoms with Gasteiger partial charge >= 0.3 is 5.97 Å². The van der Waals surface area contributed by atoms with Crippen LogP contribution in [0.5, 0.6) is 0 Å². The molecule has 2 aromatic rings. The molecule has 0 aliphatic rings. The quantitative estimate of drug-likeness (QED) is 0.335. The van der Waals surface area contributed by atoms with Crippen molar-refractivity contribution in [3.63, 3.8) is 0 Å². The molecule has 3 N–H and O–H groups in total. The SMILES string of the molecule is CCOC(=O)Cc1csc(NC(=O)CSC(=S)NNC(=O)c2ccncc2)n1. The lowest BCUT2D eigenvalue weighted by atomic mass is 10.3. The van der Waals surface area contributed by atoms with Gasteiger partial charge in [-0.15, -0.1) is 11.3 Å². The Kier molecular flexibility index (Phi) is 8.78. The van der Waals surface area contributed by atoms with Gasteiger partial charge in [0, 0.05) is 23.3 Å². The summed E-state index contributed by atoms with van der Waals surface area (Å²) in [6.07, 6.45) is 3.06. The van der Waals surface area contributed by atoms with Crippen LogP contribution in [-0.4, -0.2) is 44.4 Å². The predicted octanol–water partition coefficient (Wildman–Crippen LogP) is 1.53. The van der Waals surface area contributed by atoms with E-state index >= 15 is 0 Å². The summed E-state index contributed by atoms with van der Waals surface area (Å²) in [6, 6.07) is 3.12. The molecule has 0 bridgehead atoms. The van der Waals surface area contributed by atoms with Crippen molar-refractivity contribution in [2.45, 2.75) is 13.3 Å². The fraction of sp³-hybridized carbons (Fsp3) is 0.250. The zero-order valence-corrected chi connectivity index (χ0v) is 17.2. The number of anilines is 1. The van der Waals surface area contributed by atoms with E-state index in [1.807, 2.05) is 0 Å². The molecule has 0 aliphatic carbocycles. The van der Waals surface area contributed by atoms with Gasteiger partial charge in [0.1, 0.15) is 0 Å². The maximum absolute atomic E-state index is 12.0. The van der Waals surface area contributed by atoms with Crippen LogP contribution in [0.4, 0.5) is 5.13 Å². The van der Waals surface area contributed by atoms with E-state index in [1.54, 1.807) is 24.4 Å². The summed E-state index contributed by atoms with van der Waals surface area (Å²) in [5.74, 6) is -1.02. The highest BCUT2D eigenvalue weighted by Crippen LogP contribution is 2.16. The van der Waals surface area contributed by atoms with Crippen LogP contribution in [0.3, 0.4) is 0 Å². The van der Waals surface area contributed by atoms with Crippen molar-refractivity contribution in [2.24, 2.45) is 0 Å². The van der Waals surface area contributed by atoms with E-state index in [0.717, 1.165) is 11.8 Å². The minimum atomic E-state index is -0.369. The van der Waals surface area contributed by atoms with Crippen LogP contribution in [0.15, 0.2) is 29.9 Å². The van der Waals surface area contributed by atoms with Crippen molar-refractivity contribution in [3.8, 4) is 0 Å². The van der Waals surface area contributed by atoms with Crippen LogP contribution in [0, 0.1) is 0 Å². The molecular weight excluding hydrogens is 422 g/mol.